The van der Waals surface area contributed by atoms with Crippen molar-refractivity contribution in [1.82, 2.24) is 15.5 Å². The number of benzene rings is 1. The van der Waals surface area contributed by atoms with Crippen LogP contribution in [-0.4, -0.2) is 43.4 Å². The molecule has 2 atom stereocenters. The summed E-state index contributed by atoms with van der Waals surface area (Å²) in [5.74, 6) is 0.0668. The third-order valence-electron chi connectivity index (χ3n) is 3.50. The van der Waals surface area contributed by atoms with Crippen LogP contribution in [0.2, 0.25) is 0 Å². The van der Waals surface area contributed by atoms with Crippen molar-refractivity contribution in [2.45, 2.75) is 32.9 Å². The standard InChI is InChI=1S/C17H27N3O2/c1-12(2)16(14-9-7-6-8-10-14)18-11-15(21)19-13(3)17(22)20(4)5/h6-10,12-13,16,18H,11H2,1-5H3,(H,19,21). The van der Waals surface area contributed by atoms with Gasteiger partial charge < -0.3 is 15.5 Å². The van der Waals surface area contributed by atoms with Crippen molar-refractivity contribution in [2.24, 2.45) is 5.92 Å². The van der Waals surface area contributed by atoms with Gasteiger partial charge in [0.05, 0.1) is 6.54 Å². The number of amides is 2. The molecule has 0 spiro atoms. The lowest BCUT2D eigenvalue weighted by molar-refractivity contribution is -0.133. The van der Waals surface area contributed by atoms with E-state index in [4.69, 9.17) is 0 Å². The second-order valence-corrected chi connectivity index (χ2v) is 6.04. The van der Waals surface area contributed by atoms with Gasteiger partial charge in [-0.3, -0.25) is 9.59 Å². The van der Waals surface area contributed by atoms with Gasteiger partial charge in [-0.1, -0.05) is 44.2 Å². The molecule has 0 saturated heterocycles. The molecule has 2 unspecified atom stereocenters. The van der Waals surface area contributed by atoms with Gasteiger partial charge in [0.25, 0.3) is 0 Å². The average molecular weight is 305 g/mol. The normalized spacial score (nSPS) is 13.5. The Kier molecular flexibility index (Phi) is 7.05. The van der Waals surface area contributed by atoms with Crippen LogP contribution in [0.3, 0.4) is 0 Å². The highest BCUT2D eigenvalue weighted by Crippen LogP contribution is 2.20. The number of likely N-dealkylation sites (N-methyl/N-ethyl adjacent to an activating group) is 1. The van der Waals surface area contributed by atoms with Crippen LogP contribution in [0.1, 0.15) is 32.4 Å². The Balaban J connectivity index is 2.56. The number of carbonyl (C=O) groups is 2. The van der Waals surface area contributed by atoms with Crippen molar-refractivity contribution < 1.29 is 9.59 Å². The SMILES string of the molecule is CC(NC(=O)CNC(c1ccccc1)C(C)C)C(=O)N(C)C. The molecule has 0 bridgehead atoms. The highest BCUT2D eigenvalue weighted by Gasteiger charge is 2.19. The fourth-order valence-corrected chi connectivity index (χ4v) is 2.34. The molecule has 0 aliphatic heterocycles. The summed E-state index contributed by atoms with van der Waals surface area (Å²) in [6.45, 7) is 6.10. The van der Waals surface area contributed by atoms with Gasteiger partial charge in [-0.15, -0.1) is 0 Å². The fourth-order valence-electron chi connectivity index (χ4n) is 2.34. The summed E-state index contributed by atoms with van der Waals surface area (Å²) >= 11 is 0. The van der Waals surface area contributed by atoms with Gasteiger partial charge >= 0.3 is 0 Å². The predicted molar refractivity (Wildman–Crippen MR) is 88.3 cm³/mol. The summed E-state index contributed by atoms with van der Waals surface area (Å²) in [4.78, 5) is 25.2. The molecule has 2 N–H and O–H groups in total. The minimum atomic E-state index is -0.515. The Hall–Kier alpha value is -1.88. The second-order valence-electron chi connectivity index (χ2n) is 6.04. The molecular weight excluding hydrogens is 278 g/mol. The average Bonchev–Trinajstić information content (AvgIpc) is 2.47. The van der Waals surface area contributed by atoms with Crippen molar-refractivity contribution in [1.29, 1.82) is 0 Å². The molecular formula is C17H27N3O2. The van der Waals surface area contributed by atoms with Gasteiger partial charge in [-0.05, 0) is 18.4 Å². The summed E-state index contributed by atoms with van der Waals surface area (Å²) in [6, 6.07) is 9.64. The van der Waals surface area contributed by atoms with Crippen LogP contribution in [0.4, 0.5) is 0 Å². The van der Waals surface area contributed by atoms with E-state index in [2.05, 4.69) is 24.5 Å². The molecule has 0 saturated carbocycles. The maximum absolute atomic E-state index is 12.0. The van der Waals surface area contributed by atoms with E-state index in [9.17, 15) is 9.59 Å². The zero-order chi connectivity index (χ0) is 16.7. The van der Waals surface area contributed by atoms with E-state index in [1.165, 1.54) is 4.90 Å². The zero-order valence-electron chi connectivity index (χ0n) is 14.1. The summed E-state index contributed by atoms with van der Waals surface area (Å²) in [5, 5.41) is 5.99. The molecule has 0 aliphatic rings. The first kappa shape index (κ1) is 18.2. The molecule has 0 fully saturated rings. The molecule has 122 valence electrons. The summed E-state index contributed by atoms with van der Waals surface area (Å²) in [5.41, 5.74) is 1.16. The summed E-state index contributed by atoms with van der Waals surface area (Å²) < 4.78 is 0. The Morgan fingerprint density at radius 2 is 1.68 bits per heavy atom. The van der Waals surface area contributed by atoms with E-state index >= 15 is 0 Å². The van der Waals surface area contributed by atoms with E-state index in [1.54, 1.807) is 21.0 Å². The van der Waals surface area contributed by atoms with Crippen LogP contribution in [0.5, 0.6) is 0 Å². The first-order valence-corrected chi connectivity index (χ1v) is 7.61. The molecule has 2 amide bonds. The van der Waals surface area contributed by atoms with E-state index in [-0.39, 0.29) is 24.4 Å². The van der Waals surface area contributed by atoms with Gasteiger partial charge in [-0.2, -0.15) is 0 Å². The lowest BCUT2D eigenvalue weighted by atomic mass is 9.96. The first-order chi connectivity index (χ1) is 10.3. The van der Waals surface area contributed by atoms with Gasteiger partial charge in [0, 0.05) is 20.1 Å². The number of nitrogens with zero attached hydrogens (tertiary/aromatic N) is 1. The molecule has 5 heteroatoms. The third kappa shape index (κ3) is 5.48. The largest absolute Gasteiger partial charge is 0.347 e. The highest BCUT2D eigenvalue weighted by atomic mass is 16.2. The van der Waals surface area contributed by atoms with Crippen molar-refractivity contribution in [3.8, 4) is 0 Å². The summed E-state index contributed by atoms with van der Waals surface area (Å²) in [7, 11) is 3.35. The van der Waals surface area contributed by atoms with Crippen LogP contribution in [0, 0.1) is 5.92 Å². The van der Waals surface area contributed by atoms with Crippen molar-refractivity contribution >= 4 is 11.8 Å². The Labute approximate surface area is 133 Å². The molecule has 22 heavy (non-hydrogen) atoms. The highest BCUT2D eigenvalue weighted by molar-refractivity contribution is 5.87. The predicted octanol–water partition coefficient (Wildman–Crippen LogP) is 1.57. The third-order valence-corrected chi connectivity index (χ3v) is 3.50. The molecule has 0 radical (unpaired) electrons. The Bertz CT molecular complexity index is 486. The minimum Gasteiger partial charge on any atom is -0.347 e. The van der Waals surface area contributed by atoms with E-state index < -0.39 is 6.04 Å². The minimum absolute atomic E-state index is 0.104. The molecule has 1 rings (SSSR count). The number of rotatable bonds is 7. The van der Waals surface area contributed by atoms with Crippen molar-refractivity contribution in [3.05, 3.63) is 35.9 Å². The number of hydrogen-bond donors (Lipinski definition) is 2. The van der Waals surface area contributed by atoms with Crippen LogP contribution in [-0.2, 0) is 9.59 Å². The lowest BCUT2D eigenvalue weighted by Gasteiger charge is -2.23. The fraction of sp³-hybridized carbons (Fsp3) is 0.529. The lowest BCUT2D eigenvalue weighted by Crippen LogP contribution is -2.47. The van der Waals surface area contributed by atoms with Gasteiger partial charge in [0.1, 0.15) is 6.04 Å². The van der Waals surface area contributed by atoms with Gasteiger partial charge in [-0.25, -0.2) is 0 Å². The maximum atomic E-state index is 12.0. The number of carbonyl (C=O) groups excluding carboxylic acids is 2. The quantitative estimate of drug-likeness (QED) is 0.804. The smallest absolute Gasteiger partial charge is 0.244 e. The van der Waals surface area contributed by atoms with E-state index in [0.29, 0.717) is 5.92 Å². The molecule has 1 aromatic carbocycles. The van der Waals surface area contributed by atoms with Crippen molar-refractivity contribution in [2.75, 3.05) is 20.6 Å². The maximum Gasteiger partial charge on any atom is 0.244 e. The number of hydrogen-bond acceptors (Lipinski definition) is 3. The van der Waals surface area contributed by atoms with Crippen LogP contribution < -0.4 is 10.6 Å². The molecule has 0 heterocycles. The van der Waals surface area contributed by atoms with Crippen LogP contribution in [0.25, 0.3) is 0 Å². The second kappa shape index (κ2) is 8.54. The molecule has 0 aliphatic carbocycles. The molecule has 1 aromatic rings. The van der Waals surface area contributed by atoms with Gasteiger partial charge in [0.2, 0.25) is 11.8 Å². The molecule has 0 aromatic heterocycles. The van der Waals surface area contributed by atoms with E-state index in [1.807, 2.05) is 30.3 Å². The monoisotopic (exact) mass is 305 g/mol. The summed E-state index contributed by atoms with van der Waals surface area (Å²) in [6.07, 6.45) is 0. The van der Waals surface area contributed by atoms with Crippen molar-refractivity contribution in [3.63, 3.8) is 0 Å². The first-order valence-electron chi connectivity index (χ1n) is 7.61. The van der Waals surface area contributed by atoms with Crippen LogP contribution >= 0.6 is 0 Å². The Morgan fingerprint density at radius 1 is 1.09 bits per heavy atom. The number of nitrogens with one attached hydrogen (secondary N) is 2. The zero-order valence-corrected chi connectivity index (χ0v) is 14.1. The van der Waals surface area contributed by atoms with E-state index in [0.717, 1.165) is 5.56 Å². The van der Waals surface area contributed by atoms with Gasteiger partial charge in [0.15, 0.2) is 0 Å². The van der Waals surface area contributed by atoms with Crippen LogP contribution in [0.15, 0.2) is 30.3 Å². The molecule has 5 nitrogen and oxygen atoms in total. The Morgan fingerprint density at radius 3 is 2.18 bits per heavy atom. The topological polar surface area (TPSA) is 61.4 Å².